The normalized spacial score (nSPS) is 32.0. The van der Waals surface area contributed by atoms with Crippen LogP contribution in [0.2, 0.25) is 0 Å². The van der Waals surface area contributed by atoms with E-state index in [1.165, 1.54) is 52.6 Å². The van der Waals surface area contributed by atoms with Crippen LogP contribution in [0.25, 0.3) is 11.1 Å². The Kier molecular flexibility index (Phi) is 4.23. The van der Waals surface area contributed by atoms with Crippen molar-refractivity contribution < 1.29 is 18.3 Å². The van der Waals surface area contributed by atoms with E-state index in [0.29, 0.717) is 18.8 Å². The zero-order valence-corrected chi connectivity index (χ0v) is 18.8. The lowest BCUT2D eigenvalue weighted by atomic mass is 9.42. The number of benzene rings is 2. The van der Waals surface area contributed by atoms with E-state index in [9.17, 15) is 13.6 Å². The van der Waals surface area contributed by atoms with Crippen molar-refractivity contribution in [1.82, 2.24) is 0 Å². The van der Waals surface area contributed by atoms with Crippen LogP contribution in [0.4, 0.5) is 8.78 Å². The van der Waals surface area contributed by atoms with Crippen molar-refractivity contribution in [2.75, 3.05) is 6.61 Å². The summed E-state index contributed by atoms with van der Waals surface area (Å²) in [5.74, 6) is -3.62. The molecule has 168 valence electrons. The molecule has 0 saturated heterocycles. The summed E-state index contributed by atoms with van der Waals surface area (Å²) in [6.07, 6.45) is 7.51. The highest BCUT2D eigenvalue weighted by Crippen LogP contribution is 2.66. The quantitative estimate of drug-likeness (QED) is 0.431. The van der Waals surface area contributed by atoms with Crippen molar-refractivity contribution in [3.05, 3.63) is 58.7 Å². The molecule has 2 aromatic carbocycles. The molecule has 0 N–H and O–H groups in total. The first-order valence-electron chi connectivity index (χ1n) is 11.9. The predicted molar refractivity (Wildman–Crippen MR) is 120 cm³/mol. The van der Waals surface area contributed by atoms with Gasteiger partial charge in [-0.25, -0.2) is 4.79 Å². The molecule has 0 aliphatic heterocycles. The fourth-order valence-corrected chi connectivity index (χ4v) is 8.21. The number of rotatable bonds is 4. The highest BCUT2D eigenvalue weighted by Gasteiger charge is 2.59. The van der Waals surface area contributed by atoms with E-state index in [-0.39, 0.29) is 17.4 Å². The topological polar surface area (TPSA) is 26.3 Å². The predicted octanol–water partition coefficient (Wildman–Crippen LogP) is 6.60. The van der Waals surface area contributed by atoms with Gasteiger partial charge in [-0.3, -0.25) is 0 Å². The van der Waals surface area contributed by atoms with E-state index >= 15 is 0 Å². The molecule has 2 atom stereocenters. The molecule has 4 heteroatoms. The van der Waals surface area contributed by atoms with Gasteiger partial charge in [0.2, 0.25) is 0 Å². The molecule has 4 saturated carbocycles. The van der Waals surface area contributed by atoms with E-state index in [0.717, 1.165) is 25.7 Å². The lowest BCUT2D eigenvalue weighted by Crippen LogP contribution is -2.56. The molecule has 7 rings (SSSR count). The van der Waals surface area contributed by atoms with Gasteiger partial charge in [-0.2, -0.15) is 8.78 Å². The Labute approximate surface area is 188 Å². The average molecular weight is 437 g/mol. The standard InChI is InChI=1S/C28H30F2O2/c1-17-7-8-23(22-10-20-5-3-4-6-21(20)24(17)22)28-13-18-9-19(14-28)12-27(11-18,15-28)16-32-25(31)26(2,29)30/h3-8,18-19H,9-16H2,1-2H3. The highest BCUT2D eigenvalue weighted by molar-refractivity contribution is 5.81. The molecule has 2 aromatic rings. The Morgan fingerprint density at radius 3 is 2.53 bits per heavy atom. The van der Waals surface area contributed by atoms with Crippen molar-refractivity contribution in [3.8, 4) is 11.1 Å². The van der Waals surface area contributed by atoms with E-state index in [4.69, 9.17) is 4.74 Å². The fraction of sp³-hybridized carbons (Fsp3) is 0.536. The van der Waals surface area contributed by atoms with E-state index in [2.05, 4.69) is 43.3 Å². The van der Waals surface area contributed by atoms with Crippen LogP contribution in [0, 0.1) is 24.2 Å². The van der Waals surface area contributed by atoms with Crippen LogP contribution in [0.3, 0.4) is 0 Å². The average Bonchev–Trinajstić information content (AvgIpc) is 3.10. The summed E-state index contributed by atoms with van der Waals surface area (Å²) < 4.78 is 32.2. The van der Waals surface area contributed by atoms with Crippen LogP contribution in [0.5, 0.6) is 0 Å². The van der Waals surface area contributed by atoms with Crippen LogP contribution < -0.4 is 0 Å². The van der Waals surface area contributed by atoms with Crippen molar-refractivity contribution >= 4 is 5.97 Å². The van der Waals surface area contributed by atoms with Crippen LogP contribution >= 0.6 is 0 Å². The maximum atomic E-state index is 13.5. The van der Waals surface area contributed by atoms with Crippen molar-refractivity contribution in [3.63, 3.8) is 0 Å². The number of carbonyl (C=O) groups excluding carboxylic acids is 1. The van der Waals surface area contributed by atoms with Crippen LogP contribution in [-0.2, 0) is 21.4 Å². The smallest absolute Gasteiger partial charge is 0.376 e. The molecule has 32 heavy (non-hydrogen) atoms. The molecule has 0 aromatic heterocycles. The van der Waals surface area contributed by atoms with Gasteiger partial charge >= 0.3 is 11.9 Å². The fourth-order valence-electron chi connectivity index (χ4n) is 8.21. The summed E-state index contributed by atoms with van der Waals surface area (Å²) in [5, 5.41) is 0. The molecule has 0 spiro atoms. The van der Waals surface area contributed by atoms with Gasteiger partial charge in [0.05, 0.1) is 6.61 Å². The molecule has 5 aliphatic rings. The Balaban J connectivity index is 1.38. The number of esters is 1. The molecule has 0 radical (unpaired) electrons. The third-order valence-electron chi connectivity index (χ3n) is 8.80. The number of hydrogen-bond donors (Lipinski definition) is 0. The highest BCUT2D eigenvalue weighted by atomic mass is 19.3. The van der Waals surface area contributed by atoms with Crippen molar-refractivity contribution in [2.24, 2.45) is 17.3 Å². The third-order valence-corrected chi connectivity index (χ3v) is 8.80. The van der Waals surface area contributed by atoms with Crippen molar-refractivity contribution in [2.45, 2.75) is 70.1 Å². The van der Waals surface area contributed by atoms with Gasteiger partial charge in [-0.15, -0.1) is 0 Å². The maximum Gasteiger partial charge on any atom is 0.376 e. The number of aryl methyl sites for hydroxylation is 1. The Morgan fingerprint density at radius 1 is 1.09 bits per heavy atom. The molecule has 4 fully saturated rings. The minimum Gasteiger partial charge on any atom is -0.461 e. The van der Waals surface area contributed by atoms with Crippen LogP contribution in [-0.4, -0.2) is 18.5 Å². The van der Waals surface area contributed by atoms with Gasteiger partial charge in [0.1, 0.15) is 0 Å². The van der Waals surface area contributed by atoms with Gasteiger partial charge in [0.15, 0.2) is 0 Å². The summed E-state index contributed by atoms with van der Waals surface area (Å²) in [6.45, 7) is 2.97. The Morgan fingerprint density at radius 2 is 1.81 bits per heavy atom. The van der Waals surface area contributed by atoms with E-state index in [1.807, 2.05) is 0 Å². The monoisotopic (exact) mass is 436 g/mol. The van der Waals surface area contributed by atoms with Crippen LogP contribution in [0.15, 0.2) is 36.4 Å². The second-order valence-corrected chi connectivity index (χ2v) is 11.3. The number of ether oxygens (including phenoxy) is 1. The van der Waals surface area contributed by atoms with E-state index in [1.54, 1.807) is 0 Å². The first-order chi connectivity index (χ1) is 15.2. The zero-order valence-electron chi connectivity index (χ0n) is 18.8. The molecular weight excluding hydrogens is 406 g/mol. The van der Waals surface area contributed by atoms with Gasteiger partial charge in [0, 0.05) is 12.3 Å². The second-order valence-electron chi connectivity index (χ2n) is 11.3. The third kappa shape index (κ3) is 2.98. The second kappa shape index (κ2) is 6.65. The Hall–Kier alpha value is -2.23. The number of alkyl halides is 2. The van der Waals surface area contributed by atoms with Gasteiger partial charge in [-0.1, -0.05) is 36.4 Å². The molecular formula is C28H30F2O2. The number of carbonyl (C=O) groups is 1. The first kappa shape index (κ1) is 20.4. The zero-order chi connectivity index (χ0) is 22.3. The number of hydrogen-bond acceptors (Lipinski definition) is 2. The van der Waals surface area contributed by atoms with Crippen molar-refractivity contribution in [1.29, 1.82) is 0 Å². The minimum atomic E-state index is -3.43. The van der Waals surface area contributed by atoms with Gasteiger partial charge in [0.25, 0.3) is 0 Å². The maximum absolute atomic E-state index is 13.5. The molecule has 4 bridgehead atoms. The lowest BCUT2D eigenvalue weighted by Gasteiger charge is -2.62. The largest absolute Gasteiger partial charge is 0.461 e. The first-order valence-corrected chi connectivity index (χ1v) is 11.9. The molecule has 2 nitrogen and oxygen atoms in total. The molecule has 0 heterocycles. The molecule has 5 aliphatic carbocycles. The lowest BCUT2D eigenvalue weighted by molar-refractivity contribution is -0.180. The van der Waals surface area contributed by atoms with Crippen LogP contribution in [0.1, 0.15) is 67.7 Å². The van der Waals surface area contributed by atoms with Gasteiger partial charge < -0.3 is 4.74 Å². The minimum absolute atomic E-state index is 0.0745. The number of fused-ring (bicyclic) bond motifs is 3. The summed E-state index contributed by atoms with van der Waals surface area (Å²) in [5.41, 5.74) is 8.35. The van der Waals surface area contributed by atoms with Gasteiger partial charge in [-0.05, 0) is 103 Å². The summed E-state index contributed by atoms with van der Waals surface area (Å²) in [7, 11) is 0. The SMILES string of the molecule is Cc1ccc(C23CC4CC(CC(COC(=O)C(C)(F)F)(C4)C2)C3)c2c1-c1ccccc1C2. The number of halogens is 2. The summed E-state index contributed by atoms with van der Waals surface area (Å²) in [4.78, 5) is 11.9. The molecule has 2 unspecified atom stereocenters. The summed E-state index contributed by atoms with van der Waals surface area (Å²) in [6, 6.07) is 13.4. The Bertz CT molecular complexity index is 1100. The molecule has 0 amide bonds. The van der Waals surface area contributed by atoms with E-state index < -0.39 is 11.9 Å². The summed E-state index contributed by atoms with van der Waals surface area (Å²) >= 11 is 0.